The molecular formula is C15H17BrClNO. The molecule has 3 rings (SSSR count). The molecule has 2 unspecified atom stereocenters. The molecule has 1 amide bonds. The molecule has 2 aliphatic rings. The van der Waals surface area contributed by atoms with E-state index in [-0.39, 0.29) is 5.91 Å². The highest BCUT2D eigenvalue weighted by Crippen LogP contribution is 2.39. The van der Waals surface area contributed by atoms with Gasteiger partial charge in [-0.15, -0.1) is 0 Å². The maximum Gasteiger partial charge on any atom is 0.254 e. The highest BCUT2D eigenvalue weighted by atomic mass is 79.9. The van der Waals surface area contributed by atoms with Crippen molar-refractivity contribution in [1.82, 2.24) is 4.90 Å². The summed E-state index contributed by atoms with van der Waals surface area (Å²) in [7, 11) is 0. The topological polar surface area (TPSA) is 20.3 Å². The minimum Gasteiger partial charge on any atom is -0.333 e. The van der Waals surface area contributed by atoms with Crippen molar-refractivity contribution in [2.75, 3.05) is 0 Å². The number of aryl methyl sites for hydroxylation is 1. The third-order valence-corrected chi connectivity index (χ3v) is 5.17. The van der Waals surface area contributed by atoms with Crippen LogP contribution in [0.4, 0.5) is 0 Å². The number of halogens is 2. The van der Waals surface area contributed by atoms with Crippen LogP contribution in [0.25, 0.3) is 0 Å². The Kier molecular flexibility index (Phi) is 3.61. The van der Waals surface area contributed by atoms with Gasteiger partial charge in [0.05, 0.1) is 0 Å². The predicted molar refractivity (Wildman–Crippen MR) is 81.1 cm³/mol. The van der Waals surface area contributed by atoms with Gasteiger partial charge in [-0.3, -0.25) is 4.79 Å². The number of hydrogen-bond donors (Lipinski definition) is 0. The molecule has 2 bridgehead atoms. The van der Waals surface area contributed by atoms with E-state index in [0.717, 1.165) is 36.8 Å². The number of carbonyl (C=O) groups excluding carboxylic acids is 1. The van der Waals surface area contributed by atoms with Crippen molar-refractivity contribution < 1.29 is 4.79 Å². The zero-order valence-electron chi connectivity index (χ0n) is 10.9. The third kappa shape index (κ3) is 2.55. The number of amides is 1. The fourth-order valence-corrected chi connectivity index (χ4v) is 4.60. The van der Waals surface area contributed by atoms with E-state index < -0.39 is 0 Å². The lowest BCUT2D eigenvalue weighted by Gasteiger charge is -2.37. The summed E-state index contributed by atoms with van der Waals surface area (Å²) in [5.74, 6) is 0.150. The van der Waals surface area contributed by atoms with Gasteiger partial charge >= 0.3 is 0 Å². The first-order chi connectivity index (χ1) is 9.04. The summed E-state index contributed by atoms with van der Waals surface area (Å²) >= 11 is 9.77. The standard InChI is InChI=1S/C15H17BrClNO/c1-9-4-10(6-12(17)5-9)15(19)18-13-2-3-14(18)8-11(16)7-13/h4-6,11,13-14H,2-3,7-8H2,1H3. The highest BCUT2D eigenvalue weighted by molar-refractivity contribution is 9.09. The van der Waals surface area contributed by atoms with Crippen LogP contribution in [0.15, 0.2) is 18.2 Å². The minimum absolute atomic E-state index is 0.150. The average Bonchev–Trinajstić information content (AvgIpc) is 2.59. The van der Waals surface area contributed by atoms with Gasteiger partial charge in [-0.25, -0.2) is 0 Å². The summed E-state index contributed by atoms with van der Waals surface area (Å²) in [5.41, 5.74) is 1.77. The van der Waals surface area contributed by atoms with E-state index >= 15 is 0 Å². The molecule has 102 valence electrons. The molecule has 19 heavy (non-hydrogen) atoms. The van der Waals surface area contributed by atoms with Crippen LogP contribution in [-0.2, 0) is 0 Å². The molecule has 0 N–H and O–H groups in total. The Morgan fingerprint density at radius 2 is 1.89 bits per heavy atom. The fourth-order valence-electron chi connectivity index (χ4n) is 3.45. The zero-order chi connectivity index (χ0) is 13.6. The van der Waals surface area contributed by atoms with Crippen LogP contribution in [0, 0.1) is 6.92 Å². The van der Waals surface area contributed by atoms with Crippen molar-refractivity contribution in [3.05, 3.63) is 34.3 Å². The molecule has 1 aromatic rings. The number of piperidine rings is 1. The smallest absolute Gasteiger partial charge is 0.254 e. The monoisotopic (exact) mass is 341 g/mol. The summed E-state index contributed by atoms with van der Waals surface area (Å²) in [5, 5.41) is 0.645. The highest BCUT2D eigenvalue weighted by Gasteiger charge is 2.42. The number of carbonyl (C=O) groups is 1. The number of nitrogens with zero attached hydrogens (tertiary/aromatic N) is 1. The maximum absolute atomic E-state index is 12.7. The van der Waals surface area contributed by atoms with Gasteiger partial charge in [-0.05, 0) is 56.4 Å². The van der Waals surface area contributed by atoms with Gasteiger partial charge in [0.25, 0.3) is 5.91 Å². The molecule has 0 aliphatic carbocycles. The van der Waals surface area contributed by atoms with Crippen LogP contribution < -0.4 is 0 Å². The van der Waals surface area contributed by atoms with Gasteiger partial charge < -0.3 is 4.90 Å². The number of fused-ring (bicyclic) bond motifs is 2. The van der Waals surface area contributed by atoms with Crippen molar-refractivity contribution in [3.8, 4) is 0 Å². The number of alkyl halides is 1. The van der Waals surface area contributed by atoms with Crippen LogP contribution in [0.3, 0.4) is 0 Å². The van der Waals surface area contributed by atoms with Gasteiger partial charge in [0.15, 0.2) is 0 Å². The van der Waals surface area contributed by atoms with Gasteiger partial charge in [-0.2, -0.15) is 0 Å². The summed E-state index contributed by atoms with van der Waals surface area (Å²) in [6.45, 7) is 1.97. The van der Waals surface area contributed by atoms with Crippen molar-refractivity contribution in [2.45, 2.75) is 49.5 Å². The van der Waals surface area contributed by atoms with Crippen LogP contribution in [-0.4, -0.2) is 27.7 Å². The molecule has 4 heteroatoms. The fraction of sp³-hybridized carbons (Fsp3) is 0.533. The quantitative estimate of drug-likeness (QED) is 0.701. The lowest BCUT2D eigenvalue weighted by Crippen LogP contribution is -2.46. The Labute approximate surface area is 127 Å². The van der Waals surface area contributed by atoms with Crippen LogP contribution in [0.5, 0.6) is 0 Å². The minimum atomic E-state index is 0.150. The first kappa shape index (κ1) is 13.4. The first-order valence-electron chi connectivity index (χ1n) is 6.78. The average molecular weight is 343 g/mol. The lowest BCUT2D eigenvalue weighted by atomic mass is 10.0. The Balaban J connectivity index is 1.88. The van der Waals surface area contributed by atoms with E-state index in [1.807, 2.05) is 19.1 Å². The largest absolute Gasteiger partial charge is 0.333 e. The second-order valence-electron chi connectivity index (χ2n) is 5.68. The molecule has 0 spiro atoms. The van der Waals surface area contributed by atoms with Gasteiger partial charge in [0, 0.05) is 27.5 Å². The van der Waals surface area contributed by atoms with Crippen LogP contribution in [0.1, 0.15) is 41.6 Å². The summed E-state index contributed by atoms with van der Waals surface area (Å²) in [4.78, 5) is 15.4. The van der Waals surface area contributed by atoms with E-state index in [1.54, 1.807) is 6.07 Å². The van der Waals surface area contributed by atoms with E-state index in [1.165, 1.54) is 0 Å². The Morgan fingerprint density at radius 1 is 1.26 bits per heavy atom. The zero-order valence-corrected chi connectivity index (χ0v) is 13.2. The van der Waals surface area contributed by atoms with E-state index in [0.29, 0.717) is 21.9 Å². The molecule has 0 radical (unpaired) electrons. The normalized spacial score (nSPS) is 29.6. The van der Waals surface area contributed by atoms with Crippen LogP contribution in [0.2, 0.25) is 5.02 Å². The Morgan fingerprint density at radius 3 is 2.47 bits per heavy atom. The first-order valence-corrected chi connectivity index (χ1v) is 8.08. The predicted octanol–water partition coefficient (Wildman–Crippen LogP) is 4.18. The number of benzene rings is 1. The molecule has 2 heterocycles. The lowest BCUT2D eigenvalue weighted by molar-refractivity contribution is 0.0603. The van der Waals surface area contributed by atoms with Gasteiger partial charge in [0.1, 0.15) is 0 Å². The Bertz CT molecular complexity index is 485. The SMILES string of the molecule is Cc1cc(Cl)cc(C(=O)N2C3CCC2CC(Br)C3)c1. The Hall–Kier alpha value is -0.540. The molecule has 2 aliphatic heterocycles. The van der Waals surface area contributed by atoms with Crippen molar-refractivity contribution in [1.29, 1.82) is 0 Å². The molecule has 0 saturated carbocycles. The third-order valence-electron chi connectivity index (χ3n) is 4.20. The maximum atomic E-state index is 12.7. The van der Waals surface area contributed by atoms with E-state index in [2.05, 4.69) is 20.8 Å². The summed E-state index contributed by atoms with van der Waals surface area (Å²) in [6, 6.07) is 6.41. The van der Waals surface area contributed by atoms with E-state index in [4.69, 9.17) is 11.6 Å². The van der Waals surface area contributed by atoms with Crippen LogP contribution >= 0.6 is 27.5 Å². The number of hydrogen-bond acceptors (Lipinski definition) is 1. The van der Waals surface area contributed by atoms with E-state index in [9.17, 15) is 4.79 Å². The van der Waals surface area contributed by atoms with Crippen molar-refractivity contribution >= 4 is 33.4 Å². The molecular weight excluding hydrogens is 326 g/mol. The second-order valence-corrected chi connectivity index (χ2v) is 7.41. The molecule has 0 aromatic heterocycles. The molecule has 1 aromatic carbocycles. The van der Waals surface area contributed by atoms with Gasteiger partial charge in [-0.1, -0.05) is 27.5 Å². The molecule has 2 nitrogen and oxygen atoms in total. The van der Waals surface area contributed by atoms with Crippen molar-refractivity contribution in [3.63, 3.8) is 0 Å². The summed E-state index contributed by atoms with van der Waals surface area (Å²) < 4.78 is 0. The van der Waals surface area contributed by atoms with Crippen molar-refractivity contribution in [2.24, 2.45) is 0 Å². The second kappa shape index (κ2) is 5.10. The van der Waals surface area contributed by atoms with Gasteiger partial charge in [0.2, 0.25) is 0 Å². The summed E-state index contributed by atoms with van der Waals surface area (Å²) in [6.07, 6.45) is 4.42. The number of rotatable bonds is 1. The molecule has 2 saturated heterocycles. The molecule has 2 fully saturated rings. The molecule has 2 atom stereocenters.